The van der Waals surface area contributed by atoms with Crippen LogP contribution in [0, 0.1) is 3.57 Å². The Hall–Kier alpha value is -1.02. The fourth-order valence-corrected chi connectivity index (χ4v) is 2.39. The predicted molar refractivity (Wildman–Crippen MR) is 76.2 cm³/mol. The number of carboxylic acid groups (broad SMARTS) is 1. The highest BCUT2D eigenvalue weighted by Gasteiger charge is 2.10. The van der Waals surface area contributed by atoms with Crippen LogP contribution in [0.15, 0.2) is 12.1 Å². The Morgan fingerprint density at radius 3 is 2.67 bits per heavy atom. The lowest BCUT2D eigenvalue weighted by molar-refractivity contribution is -0.136. The topological polar surface area (TPSA) is 67.8 Å². The Kier molecular flexibility index (Phi) is 6.20. The van der Waals surface area contributed by atoms with Crippen LogP contribution in [0.25, 0.3) is 0 Å². The quantitative estimate of drug-likeness (QED) is 0.571. The van der Waals surface area contributed by atoms with Gasteiger partial charge in [0.25, 0.3) is 0 Å². The number of rotatable bonds is 7. The van der Waals surface area contributed by atoms with Gasteiger partial charge < -0.3 is 19.9 Å². The number of ether oxygens (including phenoxy) is 2. The predicted octanol–water partition coefficient (Wildman–Crippen LogP) is 1.87. The first-order valence-corrected chi connectivity index (χ1v) is 6.49. The lowest BCUT2D eigenvalue weighted by atomic mass is 10.2. The maximum Gasteiger partial charge on any atom is 0.304 e. The minimum absolute atomic E-state index is 0.115. The fraction of sp³-hybridized carbons (Fsp3) is 0.417. The molecule has 0 fully saturated rings. The maximum atomic E-state index is 10.4. The summed E-state index contributed by atoms with van der Waals surface area (Å²) in [7, 11) is 3.19. The van der Waals surface area contributed by atoms with Gasteiger partial charge in [0, 0.05) is 13.1 Å². The smallest absolute Gasteiger partial charge is 0.304 e. The van der Waals surface area contributed by atoms with Crippen LogP contribution in [-0.2, 0) is 11.3 Å². The first-order valence-electron chi connectivity index (χ1n) is 5.41. The van der Waals surface area contributed by atoms with Gasteiger partial charge in [0.2, 0.25) is 0 Å². The van der Waals surface area contributed by atoms with E-state index in [4.69, 9.17) is 14.6 Å². The van der Waals surface area contributed by atoms with Gasteiger partial charge >= 0.3 is 5.97 Å². The second-order valence-electron chi connectivity index (χ2n) is 3.63. The van der Waals surface area contributed by atoms with Crippen molar-refractivity contribution in [2.45, 2.75) is 13.0 Å². The molecular formula is C12H16INO4. The highest BCUT2D eigenvalue weighted by Crippen LogP contribution is 2.33. The standard InChI is InChI=1S/C12H16INO4/c1-17-10-6-8(5-9(13)12(10)18-2)7-14-4-3-11(15)16/h5-6,14H,3-4,7H2,1-2H3,(H,15,16). The molecular weight excluding hydrogens is 349 g/mol. The minimum Gasteiger partial charge on any atom is -0.493 e. The van der Waals surface area contributed by atoms with Gasteiger partial charge in [-0.1, -0.05) is 0 Å². The van der Waals surface area contributed by atoms with E-state index in [9.17, 15) is 4.79 Å². The van der Waals surface area contributed by atoms with Gasteiger partial charge in [0.1, 0.15) is 0 Å². The molecule has 1 aromatic carbocycles. The summed E-state index contributed by atoms with van der Waals surface area (Å²) in [5, 5.41) is 11.6. The zero-order chi connectivity index (χ0) is 13.5. The third-order valence-electron chi connectivity index (χ3n) is 2.34. The zero-order valence-corrected chi connectivity index (χ0v) is 12.5. The van der Waals surface area contributed by atoms with E-state index in [1.807, 2.05) is 12.1 Å². The second kappa shape index (κ2) is 7.42. The molecule has 18 heavy (non-hydrogen) atoms. The number of carboxylic acids is 1. The molecule has 0 bridgehead atoms. The van der Waals surface area contributed by atoms with E-state index < -0.39 is 5.97 Å². The summed E-state index contributed by atoms with van der Waals surface area (Å²) in [4.78, 5) is 10.4. The Labute approximate surface area is 120 Å². The minimum atomic E-state index is -0.801. The number of halogens is 1. The molecule has 1 rings (SSSR count). The first-order chi connectivity index (χ1) is 8.58. The largest absolute Gasteiger partial charge is 0.493 e. The van der Waals surface area contributed by atoms with Crippen molar-refractivity contribution in [1.82, 2.24) is 5.32 Å². The van der Waals surface area contributed by atoms with Crippen molar-refractivity contribution in [2.24, 2.45) is 0 Å². The van der Waals surface area contributed by atoms with Crippen LogP contribution in [0.3, 0.4) is 0 Å². The average molecular weight is 365 g/mol. The number of aliphatic carboxylic acids is 1. The van der Waals surface area contributed by atoms with Crippen molar-refractivity contribution >= 4 is 28.6 Å². The molecule has 1 aromatic rings. The molecule has 0 aliphatic carbocycles. The molecule has 0 amide bonds. The number of nitrogens with one attached hydrogen (secondary N) is 1. The van der Waals surface area contributed by atoms with Gasteiger partial charge in [0.15, 0.2) is 11.5 Å². The van der Waals surface area contributed by atoms with E-state index in [-0.39, 0.29) is 6.42 Å². The van der Waals surface area contributed by atoms with Gasteiger partial charge in [-0.3, -0.25) is 4.79 Å². The molecule has 2 N–H and O–H groups in total. The molecule has 0 aliphatic rings. The Morgan fingerprint density at radius 1 is 1.39 bits per heavy atom. The lowest BCUT2D eigenvalue weighted by Crippen LogP contribution is -2.17. The van der Waals surface area contributed by atoms with Gasteiger partial charge in [-0.25, -0.2) is 0 Å². The maximum absolute atomic E-state index is 10.4. The number of carbonyl (C=O) groups is 1. The Morgan fingerprint density at radius 2 is 2.11 bits per heavy atom. The molecule has 0 radical (unpaired) electrons. The Bertz CT molecular complexity index is 423. The van der Waals surface area contributed by atoms with E-state index in [1.54, 1.807) is 14.2 Å². The van der Waals surface area contributed by atoms with Gasteiger partial charge in [-0.05, 0) is 40.3 Å². The molecule has 5 nitrogen and oxygen atoms in total. The number of methoxy groups -OCH3 is 2. The van der Waals surface area contributed by atoms with Crippen LogP contribution in [0.5, 0.6) is 11.5 Å². The summed E-state index contributed by atoms with van der Waals surface area (Å²) < 4.78 is 11.5. The zero-order valence-electron chi connectivity index (χ0n) is 10.3. The highest BCUT2D eigenvalue weighted by molar-refractivity contribution is 14.1. The van der Waals surface area contributed by atoms with Crippen LogP contribution < -0.4 is 14.8 Å². The number of hydrogen-bond donors (Lipinski definition) is 2. The van der Waals surface area contributed by atoms with E-state index in [0.29, 0.717) is 24.6 Å². The van der Waals surface area contributed by atoms with Crippen LogP contribution in [-0.4, -0.2) is 31.8 Å². The van der Waals surface area contributed by atoms with Gasteiger partial charge in [-0.15, -0.1) is 0 Å². The van der Waals surface area contributed by atoms with Crippen LogP contribution in [0.2, 0.25) is 0 Å². The normalized spacial score (nSPS) is 10.2. The monoisotopic (exact) mass is 365 g/mol. The van der Waals surface area contributed by atoms with E-state index >= 15 is 0 Å². The van der Waals surface area contributed by atoms with Crippen LogP contribution in [0.4, 0.5) is 0 Å². The van der Waals surface area contributed by atoms with Crippen molar-refractivity contribution in [3.8, 4) is 11.5 Å². The lowest BCUT2D eigenvalue weighted by Gasteiger charge is -2.12. The fourth-order valence-electron chi connectivity index (χ4n) is 1.50. The Balaban J connectivity index is 2.67. The molecule has 6 heteroatoms. The van der Waals surface area contributed by atoms with Gasteiger partial charge in [0.05, 0.1) is 24.2 Å². The number of benzene rings is 1. The first kappa shape index (κ1) is 15.0. The highest BCUT2D eigenvalue weighted by atomic mass is 127. The molecule has 0 spiro atoms. The molecule has 100 valence electrons. The van der Waals surface area contributed by atoms with Crippen LogP contribution in [0.1, 0.15) is 12.0 Å². The second-order valence-corrected chi connectivity index (χ2v) is 4.80. The summed E-state index contributed by atoms with van der Waals surface area (Å²) >= 11 is 2.18. The van der Waals surface area contributed by atoms with Crippen molar-refractivity contribution in [2.75, 3.05) is 20.8 Å². The molecule has 0 aliphatic heterocycles. The van der Waals surface area contributed by atoms with E-state index in [0.717, 1.165) is 9.13 Å². The van der Waals surface area contributed by atoms with Crippen molar-refractivity contribution in [3.05, 3.63) is 21.3 Å². The summed E-state index contributed by atoms with van der Waals surface area (Å²) in [6.45, 7) is 1.05. The van der Waals surface area contributed by atoms with Gasteiger partial charge in [-0.2, -0.15) is 0 Å². The van der Waals surface area contributed by atoms with E-state index in [1.165, 1.54) is 0 Å². The third-order valence-corrected chi connectivity index (χ3v) is 3.14. The summed E-state index contributed by atoms with van der Waals surface area (Å²) in [6.07, 6.45) is 0.115. The molecule has 0 saturated heterocycles. The van der Waals surface area contributed by atoms with Crippen molar-refractivity contribution in [3.63, 3.8) is 0 Å². The number of hydrogen-bond acceptors (Lipinski definition) is 4. The molecule has 0 heterocycles. The third kappa shape index (κ3) is 4.34. The summed E-state index contributed by atoms with van der Waals surface area (Å²) in [5.74, 6) is 0.594. The summed E-state index contributed by atoms with van der Waals surface area (Å²) in [5.41, 5.74) is 1.03. The molecule has 0 unspecified atom stereocenters. The molecule has 0 saturated carbocycles. The van der Waals surface area contributed by atoms with E-state index in [2.05, 4.69) is 27.9 Å². The molecule has 0 atom stereocenters. The SMILES string of the molecule is COc1cc(CNCCC(=O)O)cc(I)c1OC. The van der Waals surface area contributed by atoms with Crippen molar-refractivity contribution < 1.29 is 19.4 Å². The summed E-state index contributed by atoms with van der Waals surface area (Å²) in [6, 6.07) is 3.87. The molecule has 0 aromatic heterocycles. The average Bonchev–Trinajstić information content (AvgIpc) is 2.33. The van der Waals surface area contributed by atoms with Crippen LogP contribution >= 0.6 is 22.6 Å². The van der Waals surface area contributed by atoms with Crippen molar-refractivity contribution in [1.29, 1.82) is 0 Å².